The van der Waals surface area contributed by atoms with Crippen LogP contribution in [0.1, 0.15) is 35.7 Å². The molecule has 7 heteroatoms. The Bertz CT molecular complexity index is 822. The van der Waals surface area contributed by atoms with Crippen LogP contribution in [-0.4, -0.2) is 24.4 Å². The largest absolute Gasteiger partial charge is 0.461 e. The summed E-state index contributed by atoms with van der Waals surface area (Å²) in [6.45, 7) is 1.66. The van der Waals surface area contributed by atoms with Gasteiger partial charge in [0.05, 0.1) is 5.56 Å². The first-order chi connectivity index (χ1) is 13.0. The lowest BCUT2D eigenvalue weighted by Crippen LogP contribution is -2.25. The fourth-order valence-electron chi connectivity index (χ4n) is 2.27. The van der Waals surface area contributed by atoms with Crippen LogP contribution in [0.25, 0.3) is 0 Å². The van der Waals surface area contributed by atoms with Crippen LogP contribution in [0.4, 0.5) is 0 Å². The van der Waals surface area contributed by atoms with E-state index in [0.717, 1.165) is 5.56 Å². The molecule has 0 unspecified atom stereocenters. The van der Waals surface area contributed by atoms with Gasteiger partial charge in [-0.25, -0.2) is 0 Å². The van der Waals surface area contributed by atoms with Crippen LogP contribution in [0.2, 0.25) is 5.02 Å². The van der Waals surface area contributed by atoms with E-state index in [1.807, 2.05) is 6.07 Å². The molecule has 0 aliphatic rings. The third-order valence-corrected chi connectivity index (χ3v) is 3.94. The third kappa shape index (κ3) is 6.75. The van der Waals surface area contributed by atoms with Crippen LogP contribution in [-0.2, 0) is 20.9 Å². The van der Waals surface area contributed by atoms with Gasteiger partial charge in [0.15, 0.2) is 0 Å². The Morgan fingerprint density at radius 2 is 1.74 bits per heavy atom. The van der Waals surface area contributed by atoms with Gasteiger partial charge in [-0.15, -0.1) is 0 Å². The third-order valence-electron chi connectivity index (χ3n) is 3.58. The summed E-state index contributed by atoms with van der Waals surface area (Å²) in [6, 6.07) is 13.6. The minimum atomic E-state index is -0.503. The fourth-order valence-corrected chi connectivity index (χ4v) is 2.46. The Labute approximate surface area is 162 Å². The molecule has 2 aromatic carbocycles. The predicted octanol–water partition coefficient (Wildman–Crippen LogP) is 3.52. The highest BCUT2D eigenvalue weighted by Crippen LogP contribution is 2.18. The Morgan fingerprint density at radius 3 is 2.48 bits per heavy atom. The van der Waals surface area contributed by atoms with E-state index in [2.05, 4.69) is 5.32 Å². The van der Waals surface area contributed by atoms with Gasteiger partial charge in [0.1, 0.15) is 12.4 Å². The molecular formula is C20H20ClNO5. The lowest BCUT2D eigenvalue weighted by atomic mass is 10.2. The van der Waals surface area contributed by atoms with Crippen molar-refractivity contribution in [2.24, 2.45) is 0 Å². The van der Waals surface area contributed by atoms with Gasteiger partial charge in [-0.2, -0.15) is 0 Å². The molecule has 142 valence electrons. The van der Waals surface area contributed by atoms with Crippen molar-refractivity contribution in [1.29, 1.82) is 0 Å². The summed E-state index contributed by atoms with van der Waals surface area (Å²) in [7, 11) is 0. The first-order valence-corrected chi connectivity index (χ1v) is 8.80. The Morgan fingerprint density at radius 1 is 1.04 bits per heavy atom. The standard InChI is InChI=1S/C20H20ClNO5/c1-14(23)27-18-10-5-3-8-16(18)20(25)22-12-6-11-19(24)26-13-15-7-2-4-9-17(15)21/h2-5,7-10H,6,11-13H2,1H3,(H,22,25). The van der Waals surface area contributed by atoms with Gasteiger partial charge < -0.3 is 14.8 Å². The van der Waals surface area contributed by atoms with Gasteiger partial charge in [0, 0.05) is 30.5 Å². The topological polar surface area (TPSA) is 81.7 Å². The number of halogens is 1. The molecule has 0 aliphatic heterocycles. The minimum Gasteiger partial charge on any atom is -0.461 e. The Kier molecular flexibility index (Phi) is 7.82. The molecule has 0 bridgehead atoms. The highest BCUT2D eigenvalue weighted by Gasteiger charge is 2.13. The number of carbonyl (C=O) groups is 3. The molecule has 0 saturated heterocycles. The Hall–Kier alpha value is -2.86. The predicted molar refractivity (Wildman–Crippen MR) is 101 cm³/mol. The number of rotatable bonds is 8. The van der Waals surface area contributed by atoms with E-state index in [1.165, 1.54) is 6.92 Å². The summed E-state index contributed by atoms with van der Waals surface area (Å²) in [5, 5.41) is 3.24. The maximum absolute atomic E-state index is 12.2. The molecule has 2 rings (SSSR count). The van der Waals surface area contributed by atoms with Crippen LogP contribution in [0.3, 0.4) is 0 Å². The number of hydrogen-bond acceptors (Lipinski definition) is 5. The van der Waals surface area contributed by atoms with Crippen molar-refractivity contribution in [3.05, 3.63) is 64.7 Å². The van der Waals surface area contributed by atoms with Gasteiger partial charge in [-0.3, -0.25) is 14.4 Å². The van der Waals surface area contributed by atoms with Crippen molar-refractivity contribution < 1.29 is 23.9 Å². The number of carbonyl (C=O) groups excluding carboxylic acids is 3. The molecule has 0 heterocycles. The first kappa shape index (κ1) is 20.5. The highest BCUT2D eigenvalue weighted by molar-refractivity contribution is 6.31. The summed E-state index contributed by atoms with van der Waals surface area (Å²) in [5.41, 5.74) is 0.997. The molecule has 1 amide bonds. The molecule has 1 N–H and O–H groups in total. The van der Waals surface area contributed by atoms with E-state index in [0.29, 0.717) is 11.4 Å². The summed E-state index contributed by atoms with van der Waals surface area (Å²) in [6.07, 6.45) is 0.582. The summed E-state index contributed by atoms with van der Waals surface area (Å²) < 4.78 is 10.2. The van der Waals surface area contributed by atoms with Gasteiger partial charge in [-0.1, -0.05) is 41.9 Å². The van der Waals surface area contributed by atoms with Crippen LogP contribution in [0.5, 0.6) is 5.75 Å². The normalized spacial score (nSPS) is 10.1. The Balaban J connectivity index is 1.73. The SMILES string of the molecule is CC(=O)Oc1ccccc1C(=O)NCCCC(=O)OCc1ccccc1Cl. The number of benzene rings is 2. The number of hydrogen-bond donors (Lipinski definition) is 1. The van der Waals surface area contributed by atoms with Gasteiger partial charge in [0.25, 0.3) is 5.91 Å². The summed E-state index contributed by atoms with van der Waals surface area (Å²) in [4.78, 5) is 35.1. The van der Waals surface area contributed by atoms with Crippen LogP contribution in [0, 0.1) is 0 Å². The number of amides is 1. The lowest BCUT2D eigenvalue weighted by Gasteiger charge is -2.10. The van der Waals surface area contributed by atoms with Crippen molar-refractivity contribution >= 4 is 29.4 Å². The van der Waals surface area contributed by atoms with E-state index in [9.17, 15) is 14.4 Å². The van der Waals surface area contributed by atoms with Gasteiger partial charge in [0.2, 0.25) is 0 Å². The van der Waals surface area contributed by atoms with E-state index >= 15 is 0 Å². The molecular weight excluding hydrogens is 370 g/mol. The van der Waals surface area contributed by atoms with E-state index in [-0.39, 0.29) is 42.8 Å². The lowest BCUT2D eigenvalue weighted by molar-refractivity contribution is -0.145. The van der Waals surface area contributed by atoms with Gasteiger partial charge >= 0.3 is 11.9 Å². The number of para-hydroxylation sites is 1. The zero-order valence-electron chi connectivity index (χ0n) is 14.9. The number of ether oxygens (including phenoxy) is 2. The van der Waals surface area contributed by atoms with Crippen LogP contribution < -0.4 is 10.1 Å². The molecule has 0 aromatic heterocycles. The van der Waals surface area contributed by atoms with Crippen LogP contribution in [0.15, 0.2) is 48.5 Å². The van der Waals surface area contributed by atoms with E-state index in [1.54, 1.807) is 42.5 Å². The van der Waals surface area contributed by atoms with Crippen molar-refractivity contribution in [1.82, 2.24) is 5.32 Å². The molecule has 0 radical (unpaired) electrons. The minimum absolute atomic E-state index is 0.112. The molecule has 0 fully saturated rings. The second kappa shape index (κ2) is 10.3. The second-order valence-corrected chi connectivity index (χ2v) is 6.11. The van der Waals surface area contributed by atoms with Crippen molar-refractivity contribution in [3.63, 3.8) is 0 Å². The molecule has 0 aliphatic carbocycles. The smallest absolute Gasteiger partial charge is 0.308 e. The van der Waals surface area contributed by atoms with Crippen LogP contribution >= 0.6 is 11.6 Å². The monoisotopic (exact) mass is 389 g/mol. The summed E-state index contributed by atoms with van der Waals surface area (Å²) in [5.74, 6) is -1.06. The molecule has 0 atom stereocenters. The van der Waals surface area contributed by atoms with E-state index < -0.39 is 5.97 Å². The molecule has 2 aromatic rings. The van der Waals surface area contributed by atoms with E-state index in [4.69, 9.17) is 21.1 Å². The number of nitrogens with one attached hydrogen (secondary N) is 1. The average Bonchev–Trinajstić information content (AvgIpc) is 2.64. The first-order valence-electron chi connectivity index (χ1n) is 8.42. The zero-order chi connectivity index (χ0) is 19.6. The molecule has 27 heavy (non-hydrogen) atoms. The second-order valence-electron chi connectivity index (χ2n) is 5.70. The molecule has 0 spiro atoms. The van der Waals surface area contributed by atoms with Crippen molar-refractivity contribution in [2.45, 2.75) is 26.4 Å². The molecule has 6 nitrogen and oxygen atoms in total. The van der Waals surface area contributed by atoms with Crippen molar-refractivity contribution in [3.8, 4) is 5.75 Å². The fraction of sp³-hybridized carbons (Fsp3) is 0.250. The number of esters is 2. The quantitative estimate of drug-likeness (QED) is 0.424. The summed E-state index contributed by atoms with van der Waals surface area (Å²) >= 11 is 6.00. The maximum atomic E-state index is 12.2. The highest BCUT2D eigenvalue weighted by atomic mass is 35.5. The average molecular weight is 390 g/mol. The zero-order valence-corrected chi connectivity index (χ0v) is 15.6. The molecule has 0 saturated carbocycles. The van der Waals surface area contributed by atoms with Gasteiger partial charge in [-0.05, 0) is 24.6 Å². The maximum Gasteiger partial charge on any atom is 0.308 e. The van der Waals surface area contributed by atoms with Crippen molar-refractivity contribution in [2.75, 3.05) is 6.54 Å².